The molecule has 0 fully saturated rings. The van der Waals surface area contributed by atoms with E-state index in [0.717, 1.165) is 30.3 Å². The Morgan fingerprint density at radius 1 is 1.05 bits per heavy atom. The molecule has 21 heavy (non-hydrogen) atoms. The SMILES string of the molecule is CCCOc1ccc(CN[C@H](C)c2ccc(Cl)cc2)cc1. The van der Waals surface area contributed by atoms with Crippen LogP contribution in [0, 0.1) is 0 Å². The third-order valence-corrected chi connectivity index (χ3v) is 3.63. The number of nitrogens with one attached hydrogen (secondary N) is 1. The van der Waals surface area contributed by atoms with Gasteiger partial charge in [0.25, 0.3) is 0 Å². The lowest BCUT2D eigenvalue weighted by Crippen LogP contribution is -2.17. The molecular formula is C18H22ClNO. The van der Waals surface area contributed by atoms with E-state index in [1.165, 1.54) is 11.1 Å². The minimum absolute atomic E-state index is 0.290. The molecule has 1 atom stereocenters. The van der Waals surface area contributed by atoms with Crippen LogP contribution in [-0.2, 0) is 6.54 Å². The minimum Gasteiger partial charge on any atom is -0.494 e. The van der Waals surface area contributed by atoms with Crippen molar-refractivity contribution in [2.75, 3.05) is 6.61 Å². The summed E-state index contributed by atoms with van der Waals surface area (Å²) < 4.78 is 5.58. The molecule has 0 aliphatic carbocycles. The number of halogens is 1. The molecule has 112 valence electrons. The minimum atomic E-state index is 0.290. The third-order valence-electron chi connectivity index (χ3n) is 3.38. The summed E-state index contributed by atoms with van der Waals surface area (Å²) in [6, 6.07) is 16.5. The number of rotatable bonds is 7. The molecule has 2 nitrogen and oxygen atoms in total. The van der Waals surface area contributed by atoms with Gasteiger partial charge >= 0.3 is 0 Å². The van der Waals surface area contributed by atoms with Gasteiger partial charge in [-0.3, -0.25) is 0 Å². The van der Waals surface area contributed by atoms with Gasteiger partial charge in [0.1, 0.15) is 5.75 Å². The number of hydrogen-bond acceptors (Lipinski definition) is 2. The number of ether oxygens (including phenoxy) is 1. The Morgan fingerprint density at radius 2 is 1.71 bits per heavy atom. The zero-order valence-corrected chi connectivity index (χ0v) is 13.4. The summed E-state index contributed by atoms with van der Waals surface area (Å²) in [5.41, 5.74) is 2.49. The highest BCUT2D eigenvalue weighted by Crippen LogP contribution is 2.17. The highest BCUT2D eigenvalue weighted by molar-refractivity contribution is 6.30. The molecule has 0 saturated carbocycles. The van der Waals surface area contributed by atoms with E-state index in [9.17, 15) is 0 Å². The highest BCUT2D eigenvalue weighted by Gasteiger charge is 2.04. The van der Waals surface area contributed by atoms with Gasteiger partial charge in [-0.1, -0.05) is 42.8 Å². The van der Waals surface area contributed by atoms with Crippen LogP contribution in [0.15, 0.2) is 48.5 Å². The van der Waals surface area contributed by atoms with Crippen molar-refractivity contribution >= 4 is 11.6 Å². The van der Waals surface area contributed by atoms with Crippen molar-refractivity contribution < 1.29 is 4.74 Å². The summed E-state index contributed by atoms with van der Waals surface area (Å²) in [7, 11) is 0. The van der Waals surface area contributed by atoms with Crippen LogP contribution in [0.4, 0.5) is 0 Å². The molecule has 0 aliphatic heterocycles. The van der Waals surface area contributed by atoms with Crippen LogP contribution in [0.2, 0.25) is 5.02 Å². The summed E-state index contributed by atoms with van der Waals surface area (Å²) in [4.78, 5) is 0. The molecule has 2 rings (SSSR count). The Labute approximate surface area is 132 Å². The van der Waals surface area contributed by atoms with E-state index < -0.39 is 0 Å². The molecule has 0 aromatic heterocycles. The van der Waals surface area contributed by atoms with Crippen molar-refractivity contribution in [3.05, 3.63) is 64.7 Å². The summed E-state index contributed by atoms with van der Waals surface area (Å²) in [6.45, 7) is 5.86. The molecule has 2 aromatic carbocycles. The summed E-state index contributed by atoms with van der Waals surface area (Å²) in [5, 5.41) is 4.29. The topological polar surface area (TPSA) is 21.3 Å². The smallest absolute Gasteiger partial charge is 0.119 e. The molecule has 0 radical (unpaired) electrons. The molecule has 0 aliphatic rings. The Kier molecular flexibility index (Phi) is 6.09. The van der Waals surface area contributed by atoms with Gasteiger partial charge in [0.05, 0.1) is 6.61 Å². The van der Waals surface area contributed by atoms with E-state index >= 15 is 0 Å². The fourth-order valence-corrected chi connectivity index (χ4v) is 2.19. The van der Waals surface area contributed by atoms with E-state index in [2.05, 4.69) is 43.4 Å². The fourth-order valence-electron chi connectivity index (χ4n) is 2.06. The Bertz CT molecular complexity index is 536. The van der Waals surface area contributed by atoms with Gasteiger partial charge < -0.3 is 10.1 Å². The van der Waals surface area contributed by atoms with E-state index in [-0.39, 0.29) is 0 Å². The maximum Gasteiger partial charge on any atom is 0.119 e. The van der Waals surface area contributed by atoms with Gasteiger partial charge in [-0.25, -0.2) is 0 Å². The van der Waals surface area contributed by atoms with Gasteiger partial charge in [0.15, 0.2) is 0 Å². The third kappa shape index (κ3) is 5.07. The summed E-state index contributed by atoms with van der Waals surface area (Å²) in [5.74, 6) is 0.936. The van der Waals surface area contributed by atoms with Gasteiger partial charge in [-0.2, -0.15) is 0 Å². The second kappa shape index (κ2) is 8.06. The quantitative estimate of drug-likeness (QED) is 0.779. The van der Waals surface area contributed by atoms with E-state index in [1.54, 1.807) is 0 Å². The highest BCUT2D eigenvalue weighted by atomic mass is 35.5. The Morgan fingerprint density at radius 3 is 2.33 bits per heavy atom. The van der Waals surface area contributed by atoms with Gasteiger partial charge in [0, 0.05) is 17.6 Å². The maximum absolute atomic E-state index is 5.91. The molecule has 0 heterocycles. The lowest BCUT2D eigenvalue weighted by Gasteiger charge is -2.14. The van der Waals surface area contributed by atoms with Crippen molar-refractivity contribution in [3.63, 3.8) is 0 Å². The largest absolute Gasteiger partial charge is 0.494 e. The van der Waals surface area contributed by atoms with Crippen molar-refractivity contribution in [2.45, 2.75) is 32.9 Å². The van der Waals surface area contributed by atoms with E-state index in [1.807, 2.05) is 24.3 Å². The van der Waals surface area contributed by atoms with Crippen LogP contribution < -0.4 is 10.1 Å². The first-order chi connectivity index (χ1) is 10.2. The van der Waals surface area contributed by atoms with Crippen molar-refractivity contribution in [2.24, 2.45) is 0 Å². The molecule has 0 unspecified atom stereocenters. The van der Waals surface area contributed by atoms with Crippen LogP contribution in [0.25, 0.3) is 0 Å². The lowest BCUT2D eigenvalue weighted by molar-refractivity contribution is 0.317. The zero-order valence-electron chi connectivity index (χ0n) is 12.6. The van der Waals surface area contributed by atoms with Crippen LogP contribution in [-0.4, -0.2) is 6.61 Å². The first-order valence-electron chi connectivity index (χ1n) is 7.39. The molecule has 1 N–H and O–H groups in total. The first-order valence-corrected chi connectivity index (χ1v) is 7.77. The van der Waals surface area contributed by atoms with Crippen molar-refractivity contribution in [3.8, 4) is 5.75 Å². The van der Waals surface area contributed by atoms with Gasteiger partial charge in [-0.05, 0) is 48.7 Å². The predicted octanol–water partition coefficient (Wildman–Crippen LogP) is 4.98. The Balaban J connectivity index is 1.86. The van der Waals surface area contributed by atoms with Crippen molar-refractivity contribution in [1.82, 2.24) is 5.32 Å². The molecule has 0 saturated heterocycles. The molecule has 0 bridgehead atoms. The van der Waals surface area contributed by atoms with Crippen LogP contribution >= 0.6 is 11.6 Å². The molecule has 3 heteroatoms. The van der Waals surface area contributed by atoms with Crippen molar-refractivity contribution in [1.29, 1.82) is 0 Å². The second-order valence-electron chi connectivity index (χ2n) is 5.15. The van der Waals surface area contributed by atoms with E-state index in [0.29, 0.717) is 6.04 Å². The average Bonchev–Trinajstić information content (AvgIpc) is 2.52. The molecule has 0 spiro atoms. The fraction of sp³-hybridized carbons (Fsp3) is 0.333. The molecule has 0 amide bonds. The molecular weight excluding hydrogens is 282 g/mol. The monoisotopic (exact) mass is 303 g/mol. The molecule has 2 aromatic rings. The van der Waals surface area contributed by atoms with Crippen LogP contribution in [0.1, 0.15) is 37.4 Å². The summed E-state index contributed by atoms with van der Waals surface area (Å²) >= 11 is 5.91. The second-order valence-corrected chi connectivity index (χ2v) is 5.58. The lowest BCUT2D eigenvalue weighted by atomic mass is 10.1. The zero-order chi connectivity index (χ0) is 15.1. The average molecular weight is 304 g/mol. The van der Waals surface area contributed by atoms with Crippen LogP contribution in [0.3, 0.4) is 0 Å². The van der Waals surface area contributed by atoms with Gasteiger partial charge in [-0.15, -0.1) is 0 Å². The van der Waals surface area contributed by atoms with Gasteiger partial charge in [0.2, 0.25) is 0 Å². The number of hydrogen-bond donors (Lipinski definition) is 1. The van der Waals surface area contributed by atoms with Crippen LogP contribution in [0.5, 0.6) is 5.75 Å². The normalized spacial score (nSPS) is 12.1. The standard InChI is InChI=1S/C18H22ClNO/c1-3-12-21-18-10-4-15(5-11-18)13-20-14(2)16-6-8-17(19)9-7-16/h4-11,14,20H,3,12-13H2,1-2H3/t14-/m1/s1. The summed E-state index contributed by atoms with van der Waals surface area (Å²) in [6.07, 6.45) is 1.03. The van der Waals surface area contributed by atoms with E-state index in [4.69, 9.17) is 16.3 Å². The Hall–Kier alpha value is -1.51. The number of benzene rings is 2. The predicted molar refractivity (Wildman–Crippen MR) is 88.9 cm³/mol. The first kappa shape index (κ1) is 15.9. The maximum atomic E-state index is 5.91.